The predicted octanol–water partition coefficient (Wildman–Crippen LogP) is 1.37. The third-order valence-corrected chi connectivity index (χ3v) is 3.48. The van der Waals surface area contributed by atoms with E-state index in [9.17, 15) is 0 Å². The Morgan fingerprint density at radius 1 is 1.25 bits per heavy atom. The van der Waals surface area contributed by atoms with Gasteiger partial charge in [0.15, 0.2) is 0 Å². The Labute approximate surface area is 122 Å². The molecule has 2 N–H and O–H groups in total. The lowest BCUT2D eigenvalue weighted by atomic mass is 10.0. The van der Waals surface area contributed by atoms with Crippen molar-refractivity contribution in [2.75, 3.05) is 47.1 Å². The molecule has 0 saturated carbocycles. The first kappa shape index (κ1) is 17.0. The minimum absolute atomic E-state index is 0.177. The molecular formula is C15H27N3O2. The van der Waals surface area contributed by atoms with Crippen LogP contribution in [0.15, 0.2) is 18.5 Å². The lowest BCUT2D eigenvalue weighted by molar-refractivity contribution is 0.108. The molecule has 0 aliphatic carbocycles. The molecule has 0 radical (unpaired) electrons. The van der Waals surface area contributed by atoms with Crippen LogP contribution in [0.4, 0.5) is 0 Å². The summed E-state index contributed by atoms with van der Waals surface area (Å²) in [7, 11) is 3.45. The van der Waals surface area contributed by atoms with Crippen molar-refractivity contribution in [3.05, 3.63) is 29.6 Å². The van der Waals surface area contributed by atoms with Crippen LogP contribution in [0, 0.1) is 6.92 Å². The molecule has 1 unspecified atom stereocenters. The quantitative estimate of drug-likeness (QED) is 0.656. The van der Waals surface area contributed by atoms with Crippen LogP contribution in [-0.4, -0.2) is 57.0 Å². The van der Waals surface area contributed by atoms with Crippen LogP contribution in [0.3, 0.4) is 0 Å². The molecule has 1 atom stereocenters. The van der Waals surface area contributed by atoms with E-state index in [0.717, 1.165) is 26.1 Å². The predicted molar refractivity (Wildman–Crippen MR) is 80.7 cm³/mol. The number of nitrogens with two attached hydrogens (primary N) is 1. The zero-order valence-corrected chi connectivity index (χ0v) is 12.8. The van der Waals surface area contributed by atoms with Gasteiger partial charge in [0.25, 0.3) is 0 Å². The van der Waals surface area contributed by atoms with Gasteiger partial charge in [0.1, 0.15) is 0 Å². The maximum Gasteiger partial charge on any atom is 0.0589 e. The van der Waals surface area contributed by atoms with Crippen molar-refractivity contribution >= 4 is 0 Å². The van der Waals surface area contributed by atoms with Gasteiger partial charge in [-0.05, 0) is 30.5 Å². The number of methoxy groups -OCH3 is 2. The SMILES string of the molecule is COCCCN(CCOC)C(CN)c1cnccc1C. The van der Waals surface area contributed by atoms with Gasteiger partial charge in [-0.3, -0.25) is 9.88 Å². The Balaban J connectivity index is 2.80. The number of aryl methyl sites for hydroxylation is 1. The van der Waals surface area contributed by atoms with Crippen molar-refractivity contribution in [3.8, 4) is 0 Å². The van der Waals surface area contributed by atoms with Crippen molar-refractivity contribution in [3.63, 3.8) is 0 Å². The molecule has 114 valence electrons. The lowest BCUT2D eigenvalue weighted by Gasteiger charge is -2.31. The van der Waals surface area contributed by atoms with E-state index in [1.54, 1.807) is 14.2 Å². The molecule has 1 aromatic heterocycles. The molecular weight excluding hydrogens is 254 g/mol. The largest absolute Gasteiger partial charge is 0.385 e. The summed E-state index contributed by atoms with van der Waals surface area (Å²) in [6, 6.07) is 2.21. The number of rotatable bonds is 10. The van der Waals surface area contributed by atoms with E-state index < -0.39 is 0 Å². The molecule has 0 aliphatic heterocycles. The fourth-order valence-corrected chi connectivity index (χ4v) is 2.34. The normalized spacial score (nSPS) is 12.8. The molecule has 1 aromatic rings. The number of hydrogen-bond acceptors (Lipinski definition) is 5. The van der Waals surface area contributed by atoms with Crippen LogP contribution in [0.1, 0.15) is 23.6 Å². The second-order valence-corrected chi connectivity index (χ2v) is 4.86. The van der Waals surface area contributed by atoms with Crippen LogP contribution in [0.2, 0.25) is 0 Å². The van der Waals surface area contributed by atoms with Crippen molar-refractivity contribution in [1.29, 1.82) is 0 Å². The molecule has 1 rings (SSSR count). The highest BCUT2D eigenvalue weighted by Gasteiger charge is 2.20. The molecule has 0 saturated heterocycles. The van der Waals surface area contributed by atoms with Crippen LogP contribution >= 0.6 is 0 Å². The summed E-state index contributed by atoms with van der Waals surface area (Å²) in [6.07, 6.45) is 4.72. The van der Waals surface area contributed by atoms with E-state index in [4.69, 9.17) is 15.2 Å². The average Bonchev–Trinajstić information content (AvgIpc) is 2.46. The molecule has 0 aromatic carbocycles. The average molecular weight is 281 g/mol. The summed E-state index contributed by atoms with van der Waals surface area (Å²) in [5.41, 5.74) is 8.43. The number of aromatic nitrogens is 1. The minimum atomic E-state index is 0.177. The topological polar surface area (TPSA) is 60.6 Å². The monoisotopic (exact) mass is 281 g/mol. The van der Waals surface area contributed by atoms with Gasteiger partial charge in [0, 0.05) is 58.9 Å². The van der Waals surface area contributed by atoms with Gasteiger partial charge in [-0.15, -0.1) is 0 Å². The Bertz CT molecular complexity index is 374. The number of ether oxygens (including phenoxy) is 2. The molecule has 1 heterocycles. The van der Waals surface area contributed by atoms with E-state index in [2.05, 4.69) is 16.8 Å². The second kappa shape index (κ2) is 9.83. The van der Waals surface area contributed by atoms with Crippen LogP contribution in [0.25, 0.3) is 0 Å². The first-order valence-corrected chi connectivity index (χ1v) is 7.07. The third kappa shape index (κ3) is 5.17. The summed E-state index contributed by atoms with van der Waals surface area (Å²) in [6.45, 7) is 5.92. The summed E-state index contributed by atoms with van der Waals surface area (Å²) < 4.78 is 10.3. The summed E-state index contributed by atoms with van der Waals surface area (Å²) >= 11 is 0. The van der Waals surface area contributed by atoms with Crippen molar-refractivity contribution < 1.29 is 9.47 Å². The van der Waals surface area contributed by atoms with Crippen LogP contribution < -0.4 is 5.73 Å². The van der Waals surface area contributed by atoms with Gasteiger partial charge in [-0.1, -0.05) is 0 Å². The fraction of sp³-hybridized carbons (Fsp3) is 0.667. The van der Waals surface area contributed by atoms with Crippen molar-refractivity contribution in [2.24, 2.45) is 5.73 Å². The highest BCUT2D eigenvalue weighted by molar-refractivity contribution is 5.25. The molecule has 0 fully saturated rings. The highest BCUT2D eigenvalue weighted by atomic mass is 16.5. The third-order valence-electron chi connectivity index (χ3n) is 3.48. The first-order valence-electron chi connectivity index (χ1n) is 7.07. The highest BCUT2D eigenvalue weighted by Crippen LogP contribution is 2.22. The fourth-order valence-electron chi connectivity index (χ4n) is 2.34. The van der Waals surface area contributed by atoms with Crippen LogP contribution in [0.5, 0.6) is 0 Å². The Hall–Kier alpha value is -1.01. The molecule has 5 nitrogen and oxygen atoms in total. The minimum Gasteiger partial charge on any atom is -0.385 e. The van der Waals surface area contributed by atoms with E-state index in [0.29, 0.717) is 13.2 Å². The molecule has 5 heteroatoms. The Kier molecular flexibility index (Phi) is 8.37. The number of nitrogens with zero attached hydrogens (tertiary/aromatic N) is 2. The van der Waals surface area contributed by atoms with Crippen molar-refractivity contribution in [1.82, 2.24) is 9.88 Å². The zero-order chi connectivity index (χ0) is 14.8. The van der Waals surface area contributed by atoms with Crippen molar-refractivity contribution in [2.45, 2.75) is 19.4 Å². The van der Waals surface area contributed by atoms with Gasteiger partial charge in [0.2, 0.25) is 0 Å². The maximum atomic E-state index is 6.01. The van der Waals surface area contributed by atoms with E-state index in [-0.39, 0.29) is 6.04 Å². The van der Waals surface area contributed by atoms with Gasteiger partial charge < -0.3 is 15.2 Å². The second-order valence-electron chi connectivity index (χ2n) is 4.86. The molecule has 0 spiro atoms. The molecule has 0 amide bonds. The molecule has 20 heavy (non-hydrogen) atoms. The summed E-state index contributed by atoms with van der Waals surface area (Å²) in [5.74, 6) is 0. The van der Waals surface area contributed by atoms with E-state index in [1.165, 1.54) is 11.1 Å². The van der Waals surface area contributed by atoms with E-state index >= 15 is 0 Å². The van der Waals surface area contributed by atoms with E-state index in [1.807, 2.05) is 18.5 Å². The van der Waals surface area contributed by atoms with Gasteiger partial charge in [-0.2, -0.15) is 0 Å². The van der Waals surface area contributed by atoms with Gasteiger partial charge >= 0.3 is 0 Å². The standard InChI is InChI=1S/C15H27N3O2/c1-13-5-6-17-12-14(13)15(11-16)18(8-10-20-3)7-4-9-19-2/h5-6,12,15H,4,7-11,16H2,1-3H3. The number of hydrogen-bond donors (Lipinski definition) is 1. The van der Waals surface area contributed by atoms with Gasteiger partial charge in [-0.25, -0.2) is 0 Å². The van der Waals surface area contributed by atoms with Crippen LogP contribution in [-0.2, 0) is 9.47 Å². The zero-order valence-electron chi connectivity index (χ0n) is 12.8. The Morgan fingerprint density at radius 3 is 2.60 bits per heavy atom. The summed E-state index contributed by atoms with van der Waals surface area (Å²) in [5, 5.41) is 0. The molecule has 0 bridgehead atoms. The maximum absolute atomic E-state index is 6.01. The Morgan fingerprint density at radius 2 is 2.00 bits per heavy atom. The van der Waals surface area contributed by atoms with Gasteiger partial charge in [0.05, 0.1) is 6.61 Å². The summed E-state index contributed by atoms with van der Waals surface area (Å²) in [4.78, 5) is 6.59. The first-order chi connectivity index (χ1) is 9.74. The smallest absolute Gasteiger partial charge is 0.0589 e. The lowest BCUT2D eigenvalue weighted by Crippen LogP contribution is -2.37. The number of pyridine rings is 1. The molecule has 0 aliphatic rings.